The van der Waals surface area contributed by atoms with Crippen LogP contribution in [0.4, 0.5) is 0 Å². The summed E-state index contributed by atoms with van der Waals surface area (Å²) < 4.78 is 0. The summed E-state index contributed by atoms with van der Waals surface area (Å²) in [6.07, 6.45) is 29.7. The number of allylic oxidation sites excluding steroid dienone is 3. The van der Waals surface area contributed by atoms with Crippen LogP contribution in [0, 0.1) is 5.92 Å². The van der Waals surface area contributed by atoms with Crippen molar-refractivity contribution in [1.29, 1.82) is 0 Å². The molecule has 0 spiro atoms. The van der Waals surface area contributed by atoms with Gasteiger partial charge in [-0.25, -0.2) is 0 Å². The van der Waals surface area contributed by atoms with Gasteiger partial charge in [-0.15, -0.1) is 6.58 Å². The Morgan fingerprint density at radius 1 is 0.607 bits per heavy atom. The molecular formula is C28H58. The first-order chi connectivity index (χ1) is 13.6. The van der Waals surface area contributed by atoms with E-state index in [0.29, 0.717) is 0 Å². The van der Waals surface area contributed by atoms with Crippen LogP contribution < -0.4 is 0 Å². The van der Waals surface area contributed by atoms with E-state index in [4.69, 9.17) is 0 Å². The van der Waals surface area contributed by atoms with Gasteiger partial charge in [0.15, 0.2) is 0 Å². The molecule has 0 saturated heterocycles. The molecule has 0 aliphatic heterocycles. The van der Waals surface area contributed by atoms with E-state index in [1.165, 1.54) is 109 Å². The van der Waals surface area contributed by atoms with Crippen LogP contribution in [0.3, 0.4) is 0 Å². The first-order valence-corrected chi connectivity index (χ1v) is 12.9. The van der Waals surface area contributed by atoms with Gasteiger partial charge in [0.2, 0.25) is 0 Å². The van der Waals surface area contributed by atoms with Crippen LogP contribution in [0.15, 0.2) is 24.8 Å². The van der Waals surface area contributed by atoms with Crippen molar-refractivity contribution in [3.05, 3.63) is 24.8 Å². The molecule has 0 bridgehead atoms. The van der Waals surface area contributed by atoms with Gasteiger partial charge in [0.1, 0.15) is 0 Å². The average Bonchev–Trinajstić information content (AvgIpc) is 2.69. The molecule has 0 amide bonds. The molecule has 0 aromatic carbocycles. The summed E-state index contributed by atoms with van der Waals surface area (Å²) in [7, 11) is 0. The molecule has 0 aromatic rings. The molecule has 0 radical (unpaired) electrons. The second-order valence-electron chi connectivity index (χ2n) is 8.30. The fraction of sp³-hybridized carbons (Fsp3) is 0.857. The third kappa shape index (κ3) is 40.2. The van der Waals surface area contributed by atoms with Gasteiger partial charge in [-0.3, -0.25) is 0 Å². The van der Waals surface area contributed by atoms with Crippen molar-refractivity contribution < 1.29 is 0 Å². The largest absolute Gasteiger partial charge is 0.103 e. The van der Waals surface area contributed by atoms with Crippen molar-refractivity contribution in [2.24, 2.45) is 5.92 Å². The molecule has 0 fully saturated rings. The van der Waals surface area contributed by atoms with E-state index in [1.54, 1.807) is 0 Å². The summed E-state index contributed by atoms with van der Waals surface area (Å²) in [4.78, 5) is 0. The summed E-state index contributed by atoms with van der Waals surface area (Å²) in [6.45, 7) is 17.1. The maximum atomic E-state index is 3.69. The van der Waals surface area contributed by atoms with Crippen molar-refractivity contribution in [3.8, 4) is 0 Å². The van der Waals surface area contributed by atoms with Gasteiger partial charge < -0.3 is 0 Å². The Bertz CT molecular complexity index is 257. The summed E-state index contributed by atoms with van der Waals surface area (Å²) in [6, 6.07) is 0. The zero-order chi connectivity index (χ0) is 21.7. The van der Waals surface area contributed by atoms with Crippen molar-refractivity contribution in [1.82, 2.24) is 0 Å². The minimum absolute atomic E-state index is 0.963. The molecule has 170 valence electrons. The minimum Gasteiger partial charge on any atom is -0.103 e. The highest BCUT2D eigenvalue weighted by Gasteiger charge is 1.95. The van der Waals surface area contributed by atoms with Crippen LogP contribution in [0.1, 0.15) is 151 Å². The lowest BCUT2D eigenvalue weighted by atomic mass is 10.0. The second kappa shape index (κ2) is 34.0. The Morgan fingerprint density at radius 2 is 1.04 bits per heavy atom. The second-order valence-corrected chi connectivity index (χ2v) is 8.30. The Hall–Kier alpha value is -0.520. The molecule has 0 nitrogen and oxygen atoms in total. The summed E-state index contributed by atoms with van der Waals surface area (Å²) in [5.41, 5.74) is 0. The average molecular weight is 395 g/mol. The molecule has 0 heterocycles. The fourth-order valence-electron chi connectivity index (χ4n) is 3.23. The van der Waals surface area contributed by atoms with Crippen molar-refractivity contribution in [2.75, 3.05) is 0 Å². The molecule has 0 heteroatoms. The third-order valence-corrected chi connectivity index (χ3v) is 5.03. The molecular weight excluding hydrogens is 336 g/mol. The van der Waals surface area contributed by atoms with Gasteiger partial charge in [-0.1, -0.05) is 136 Å². The van der Waals surface area contributed by atoms with E-state index >= 15 is 0 Å². The number of unbranched alkanes of at least 4 members (excludes halogenated alkanes) is 11. The molecule has 0 rings (SSSR count). The first-order valence-electron chi connectivity index (χ1n) is 12.9. The minimum atomic E-state index is 0.963. The smallest absolute Gasteiger partial charge is 0.0351 e. The van der Waals surface area contributed by atoms with Crippen LogP contribution >= 0.6 is 0 Å². The van der Waals surface area contributed by atoms with Crippen molar-refractivity contribution in [2.45, 2.75) is 151 Å². The lowest BCUT2D eigenvalue weighted by Gasteiger charge is -2.05. The molecule has 0 atom stereocenters. The quantitative estimate of drug-likeness (QED) is 0.170. The lowest BCUT2D eigenvalue weighted by Crippen LogP contribution is -1.91. The Balaban J connectivity index is -0.000000337. The van der Waals surface area contributed by atoms with Gasteiger partial charge in [0.05, 0.1) is 0 Å². The van der Waals surface area contributed by atoms with Gasteiger partial charge in [0, 0.05) is 0 Å². The van der Waals surface area contributed by atoms with Gasteiger partial charge in [-0.2, -0.15) is 0 Å². The van der Waals surface area contributed by atoms with Crippen molar-refractivity contribution >= 4 is 0 Å². The SMILES string of the molecule is C=CCCCCCCCC.CC=CCCCCCCC.CCCC(C)CCC. The monoisotopic (exact) mass is 394 g/mol. The van der Waals surface area contributed by atoms with Crippen molar-refractivity contribution in [3.63, 3.8) is 0 Å². The van der Waals surface area contributed by atoms with E-state index in [9.17, 15) is 0 Å². The highest BCUT2D eigenvalue weighted by molar-refractivity contribution is 4.76. The Labute approximate surface area is 181 Å². The highest BCUT2D eigenvalue weighted by Crippen LogP contribution is 2.10. The Kier molecular flexibility index (Phi) is 39.1. The summed E-state index contributed by atoms with van der Waals surface area (Å²) in [5.74, 6) is 0.963. The van der Waals surface area contributed by atoms with E-state index in [-0.39, 0.29) is 0 Å². The zero-order valence-corrected chi connectivity index (χ0v) is 21.0. The van der Waals surface area contributed by atoms with Crippen LogP contribution in [0.2, 0.25) is 0 Å². The van der Waals surface area contributed by atoms with E-state index in [2.05, 4.69) is 60.3 Å². The lowest BCUT2D eigenvalue weighted by molar-refractivity contribution is 0.480. The summed E-state index contributed by atoms with van der Waals surface area (Å²) >= 11 is 0. The van der Waals surface area contributed by atoms with Crippen LogP contribution in [0.25, 0.3) is 0 Å². The van der Waals surface area contributed by atoms with E-state index in [0.717, 1.165) is 5.92 Å². The molecule has 0 aromatic heterocycles. The normalized spacial score (nSPS) is 10.4. The molecule has 0 unspecified atom stereocenters. The van der Waals surface area contributed by atoms with Gasteiger partial charge >= 0.3 is 0 Å². The number of rotatable bonds is 17. The maximum Gasteiger partial charge on any atom is -0.0351 e. The molecule has 28 heavy (non-hydrogen) atoms. The molecule has 0 N–H and O–H groups in total. The van der Waals surface area contributed by atoms with Gasteiger partial charge in [0.25, 0.3) is 0 Å². The molecule has 0 saturated carbocycles. The predicted molar refractivity (Wildman–Crippen MR) is 135 cm³/mol. The molecule has 0 aliphatic rings. The highest BCUT2D eigenvalue weighted by atomic mass is 14.0. The Morgan fingerprint density at radius 3 is 1.43 bits per heavy atom. The fourth-order valence-corrected chi connectivity index (χ4v) is 3.23. The number of hydrogen-bond acceptors (Lipinski definition) is 0. The zero-order valence-electron chi connectivity index (χ0n) is 21.0. The standard InChI is InChI=1S/2C10H20.C8H18/c2*1-3-5-7-9-10-8-6-4-2;1-4-6-8(3)7-5-2/h3,5H,4,6-10H2,1-2H3;3H,1,4-10H2,2H3;8H,4-7H2,1-3H3. The van der Waals surface area contributed by atoms with E-state index < -0.39 is 0 Å². The molecule has 0 aliphatic carbocycles. The first kappa shape index (κ1) is 32.2. The van der Waals surface area contributed by atoms with Crippen LogP contribution in [0.5, 0.6) is 0 Å². The van der Waals surface area contributed by atoms with Crippen LogP contribution in [-0.2, 0) is 0 Å². The predicted octanol–water partition coefficient (Wildman–Crippen LogP) is 11.1. The van der Waals surface area contributed by atoms with Crippen LogP contribution in [-0.4, -0.2) is 0 Å². The van der Waals surface area contributed by atoms with Gasteiger partial charge in [-0.05, 0) is 38.5 Å². The topological polar surface area (TPSA) is 0 Å². The van der Waals surface area contributed by atoms with E-state index in [1.807, 2.05) is 6.08 Å². The third-order valence-electron chi connectivity index (χ3n) is 5.03. The summed E-state index contributed by atoms with van der Waals surface area (Å²) in [5, 5.41) is 0. The maximum absolute atomic E-state index is 3.69. The number of hydrogen-bond donors (Lipinski definition) is 0.